The number of nitrogens with zero attached hydrogens (tertiary/aromatic N) is 1. The molecule has 0 saturated carbocycles. The van der Waals surface area contributed by atoms with Gasteiger partial charge in [-0.25, -0.2) is 9.78 Å². The number of aromatic nitrogens is 1. The van der Waals surface area contributed by atoms with Crippen molar-refractivity contribution in [2.45, 2.75) is 24.5 Å². The third kappa shape index (κ3) is 2.71. The zero-order valence-corrected chi connectivity index (χ0v) is 11.1. The second-order valence-electron chi connectivity index (χ2n) is 2.39. The fraction of sp³-hybridized carbons (Fsp3) is 0.500. The van der Waals surface area contributed by atoms with Crippen molar-refractivity contribution in [1.29, 1.82) is 0 Å². The summed E-state index contributed by atoms with van der Waals surface area (Å²) in [7, 11) is 0. The van der Waals surface area contributed by atoms with E-state index in [9.17, 15) is 4.79 Å². The van der Waals surface area contributed by atoms with Gasteiger partial charge in [-0.2, -0.15) is 0 Å². The average molecular weight is 296 g/mol. The van der Waals surface area contributed by atoms with Gasteiger partial charge in [0.25, 0.3) is 0 Å². The van der Waals surface area contributed by atoms with Gasteiger partial charge in [0.15, 0.2) is 22.0 Å². The molecule has 0 saturated heterocycles. The van der Waals surface area contributed by atoms with Crippen LogP contribution >= 0.6 is 39.4 Å². The number of halogens is 1. The maximum absolute atomic E-state index is 11.3. The lowest BCUT2D eigenvalue weighted by Gasteiger charge is -1.95. The Hall–Kier alpha value is -0.0700. The molecule has 3 nitrogen and oxygen atoms in total. The molecule has 1 heterocycles. The van der Waals surface area contributed by atoms with Crippen LogP contribution in [0.15, 0.2) is 4.21 Å². The van der Waals surface area contributed by atoms with E-state index in [1.165, 1.54) is 0 Å². The predicted molar refractivity (Wildman–Crippen MR) is 62.2 cm³/mol. The Balaban J connectivity index is 2.99. The lowest BCUT2D eigenvalue weighted by molar-refractivity contribution is 0.0773. The van der Waals surface area contributed by atoms with Gasteiger partial charge in [0.2, 0.25) is 0 Å². The third-order valence-electron chi connectivity index (χ3n) is 1.48. The molecule has 1 rings (SSSR count). The molecule has 0 aliphatic heterocycles. The molecule has 14 heavy (non-hydrogen) atoms. The number of thioether (sulfide) groups is 1. The van der Waals surface area contributed by atoms with Crippen LogP contribution in [0, 0.1) is 0 Å². The van der Waals surface area contributed by atoms with Gasteiger partial charge >= 0.3 is 5.97 Å². The molecule has 0 fully saturated rings. The van der Waals surface area contributed by atoms with Gasteiger partial charge in [-0.3, -0.25) is 0 Å². The number of carbonyl (C=O) groups is 1. The fourth-order valence-electron chi connectivity index (χ4n) is 0.894. The zero-order valence-electron chi connectivity index (χ0n) is 7.87. The van der Waals surface area contributed by atoms with Gasteiger partial charge in [0, 0.05) is 0 Å². The van der Waals surface area contributed by atoms with Crippen molar-refractivity contribution in [3.63, 3.8) is 0 Å². The van der Waals surface area contributed by atoms with Gasteiger partial charge in [-0.05, 0) is 12.2 Å². The SMILES string of the molecule is CCSc1sc(CC)nc1C(=O)OBr. The van der Waals surface area contributed by atoms with E-state index in [4.69, 9.17) is 0 Å². The first-order valence-corrected chi connectivity index (χ1v) is 6.63. The second kappa shape index (κ2) is 5.72. The number of hydrogen-bond donors (Lipinski definition) is 0. The normalized spacial score (nSPS) is 10.2. The van der Waals surface area contributed by atoms with Crippen LogP contribution in [0.4, 0.5) is 0 Å². The molecule has 1 aromatic heterocycles. The van der Waals surface area contributed by atoms with Gasteiger partial charge in [-0.1, -0.05) is 13.8 Å². The topological polar surface area (TPSA) is 39.2 Å². The summed E-state index contributed by atoms with van der Waals surface area (Å²) in [4.78, 5) is 15.5. The van der Waals surface area contributed by atoms with Crippen molar-refractivity contribution < 1.29 is 8.62 Å². The molecule has 0 N–H and O–H groups in total. The Labute approximate surface area is 99.7 Å². The fourth-order valence-corrected chi connectivity index (χ4v) is 3.17. The van der Waals surface area contributed by atoms with Crippen LogP contribution in [0.5, 0.6) is 0 Å². The molecule has 0 spiro atoms. The Morgan fingerprint density at radius 3 is 2.86 bits per heavy atom. The molecular formula is C8H10BrNO2S2. The van der Waals surface area contributed by atoms with Crippen molar-refractivity contribution >= 4 is 45.3 Å². The van der Waals surface area contributed by atoms with E-state index in [2.05, 4.69) is 25.1 Å². The van der Waals surface area contributed by atoms with Crippen molar-refractivity contribution in [3.8, 4) is 0 Å². The summed E-state index contributed by atoms with van der Waals surface area (Å²) in [6.45, 7) is 4.06. The summed E-state index contributed by atoms with van der Waals surface area (Å²) in [6.07, 6.45) is 0.845. The van der Waals surface area contributed by atoms with Gasteiger partial charge in [-0.15, -0.1) is 23.1 Å². The smallest absolute Gasteiger partial charge is 0.370 e. The van der Waals surface area contributed by atoms with Crippen LogP contribution in [-0.2, 0) is 10.2 Å². The second-order valence-corrected chi connectivity index (χ2v) is 5.33. The van der Waals surface area contributed by atoms with Crippen LogP contribution in [0.25, 0.3) is 0 Å². The van der Waals surface area contributed by atoms with E-state index in [-0.39, 0.29) is 0 Å². The Bertz CT molecular complexity index is 327. The molecule has 0 bridgehead atoms. The standard InChI is InChI=1S/C8H10BrNO2S2/c1-3-5-10-6(7(11)12-9)8(14-5)13-4-2/h3-4H2,1-2H3. The minimum absolute atomic E-state index is 0.420. The van der Waals surface area contributed by atoms with Gasteiger partial charge < -0.3 is 3.83 Å². The van der Waals surface area contributed by atoms with E-state index in [0.717, 1.165) is 21.4 Å². The highest BCUT2D eigenvalue weighted by atomic mass is 79.9. The highest BCUT2D eigenvalue weighted by Crippen LogP contribution is 2.30. The number of rotatable bonds is 4. The summed E-state index contributed by atoms with van der Waals surface area (Å²) < 4.78 is 5.42. The van der Waals surface area contributed by atoms with Crippen LogP contribution in [0.3, 0.4) is 0 Å². The molecule has 0 aliphatic carbocycles. The Morgan fingerprint density at radius 1 is 1.64 bits per heavy atom. The molecule has 0 amide bonds. The monoisotopic (exact) mass is 295 g/mol. The minimum atomic E-state index is -0.420. The average Bonchev–Trinajstić information content (AvgIpc) is 2.61. The number of hydrogen-bond acceptors (Lipinski definition) is 5. The van der Waals surface area contributed by atoms with Crippen molar-refractivity contribution in [2.75, 3.05) is 5.75 Å². The first-order chi connectivity index (χ1) is 6.72. The first-order valence-electron chi connectivity index (χ1n) is 4.18. The van der Waals surface area contributed by atoms with E-state index in [0.29, 0.717) is 5.69 Å². The summed E-state index contributed by atoms with van der Waals surface area (Å²) in [5, 5.41) is 0.967. The molecule has 0 aliphatic rings. The van der Waals surface area contributed by atoms with E-state index < -0.39 is 5.97 Å². The van der Waals surface area contributed by atoms with E-state index in [1.54, 1.807) is 23.1 Å². The highest BCUT2D eigenvalue weighted by molar-refractivity contribution is 9.06. The van der Waals surface area contributed by atoms with Crippen LogP contribution in [0.1, 0.15) is 29.3 Å². The third-order valence-corrected chi connectivity index (χ3v) is 4.12. The zero-order chi connectivity index (χ0) is 10.6. The molecule has 0 aromatic carbocycles. The summed E-state index contributed by atoms with van der Waals surface area (Å²) in [6, 6.07) is 0. The van der Waals surface area contributed by atoms with Gasteiger partial charge in [0.05, 0.1) is 9.22 Å². The van der Waals surface area contributed by atoms with Gasteiger partial charge in [0.1, 0.15) is 0 Å². The van der Waals surface area contributed by atoms with Crippen molar-refractivity contribution in [1.82, 2.24) is 4.98 Å². The number of aryl methyl sites for hydroxylation is 1. The number of thiazole rings is 1. The van der Waals surface area contributed by atoms with Crippen molar-refractivity contribution in [2.24, 2.45) is 0 Å². The lowest BCUT2D eigenvalue weighted by Crippen LogP contribution is -2.00. The molecule has 0 unspecified atom stereocenters. The highest BCUT2D eigenvalue weighted by Gasteiger charge is 2.18. The predicted octanol–water partition coefficient (Wildman–Crippen LogP) is 3.28. The summed E-state index contributed by atoms with van der Waals surface area (Å²) in [5.74, 6) is 0.505. The quantitative estimate of drug-likeness (QED) is 0.799. The molecule has 0 radical (unpaired) electrons. The summed E-state index contributed by atoms with van der Waals surface area (Å²) in [5.41, 5.74) is 0.426. The first kappa shape index (κ1) is 12.0. The maximum atomic E-state index is 11.3. The minimum Gasteiger partial charge on any atom is -0.379 e. The largest absolute Gasteiger partial charge is 0.379 e. The van der Waals surface area contributed by atoms with Crippen LogP contribution < -0.4 is 0 Å². The van der Waals surface area contributed by atoms with Crippen molar-refractivity contribution in [3.05, 3.63) is 10.7 Å². The molecular weight excluding hydrogens is 286 g/mol. The van der Waals surface area contributed by atoms with Crippen LogP contribution in [-0.4, -0.2) is 16.7 Å². The van der Waals surface area contributed by atoms with E-state index >= 15 is 0 Å². The molecule has 78 valence electrons. The Kier molecular flexibility index (Phi) is 4.91. The number of carbonyl (C=O) groups excluding carboxylic acids is 1. The maximum Gasteiger partial charge on any atom is 0.370 e. The lowest BCUT2D eigenvalue weighted by atomic mass is 10.5. The summed E-state index contributed by atoms with van der Waals surface area (Å²) >= 11 is 5.85. The molecule has 1 aromatic rings. The molecule has 0 atom stereocenters. The van der Waals surface area contributed by atoms with Crippen LogP contribution in [0.2, 0.25) is 0 Å². The molecule has 6 heteroatoms. The Morgan fingerprint density at radius 2 is 2.36 bits per heavy atom. The van der Waals surface area contributed by atoms with E-state index in [1.807, 2.05) is 13.8 Å².